The summed E-state index contributed by atoms with van der Waals surface area (Å²) in [4.78, 5) is 62.2. The van der Waals surface area contributed by atoms with Crippen LogP contribution in [0, 0.1) is 0 Å². The van der Waals surface area contributed by atoms with Gasteiger partial charge in [-0.25, -0.2) is 20.0 Å². The van der Waals surface area contributed by atoms with E-state index in [9.17, 15) is 19.8 Å². The van der Waals surface area contributed by atoms with E-state index in [0.29, 0.717) is 34.5 Å². The summed E-state index contributed by atoms with van der Waals surface area (Å²) in [6.07, 6.45) is 11.6. The van der Waals surface area contributed by atoms with Crippen molar-refractivity contribution in [2.24, 2.45) is 30.0 Å². The summed E-state index contributed by atoms with van der Waals surface area (Å²) in [5, 5.41) is 22.7. The molecule has 0 aliphatic carbocycles. The Morgan fingerprint density at radius 3 is 1.79 bits per heavy atom. The molecule has 256 valence electrons. The SMILES string of the molecule is O=c1[nH]c(O)c(C=c2ccc3c(c2)C(=NCc2ccccn2)N=CN=3)s1.O=c1[nH]c(O)c(C=c2ccc3c(c2)C(=NCc2cccnc2)N=CN=3)s1. The first kappa shape index (κ1) is 33.7. The molecular weight excluding hydrogens is 701 g/mol. The highest BCUT2D eigenvalue weighted by molar-refractivity contribution is 7.10. The van der Waals surface area contributed by atoms with E-state index in [4.69, 9.17) is 0 Å². The third-order valence-electron chi connectivity index (χ3n) is 7.44. The third kappa shape index (κ3) is 8.15. The number of benzene rings is 2. The molecule has 16 heteroatoms. The summed E-state index contributed by atoms with van der Waals surface area (Å²) in [6, 6.07) is 20.7. The van der Waals surface area contributed by atoms with Crippen molar-refractivity contribution in [1.82, 2.24) is 19.9 Å². The zero-order valence-electron chi connectivity index (χ0n) is 26.9. The third-order valence-corrected chi connectivity index (χ3v) is 9.07. The van der Waals surface area contributed by atoms with E-state index >= 15 is 0 Å². The molecule has 6 heterocycles. The van der Waals surface area contributed by atoms with Crippen LogP contribution in [0.1, 0.15) is 32.1 Å². The number of hydrogen-bond acceptors (Lipinski definition) is 12. The molecule has 0 saturated heterocycles. The molecular formula is C36H26N10O4S2. The van der Waals surface area contributed by atoms with Gasteiger partial charge in [0.1, 0.15) is 12.7 Å². The fraction of sp³-hybridized carbons (Fsp3) is 0.0556. The molecule has 0 fully saturated rings. The number of aliphatic imine (C=N–C) groups is 4. The molecule has 14 nitrogen and oxygen atoms in total. The predicted octanol–water partition coefficient (Wildman–Crippen LogP) is 1.95. The van der Waals surface area contributed by atoms with Crippen molar-refractivity contribution in [3.05, 3.63) is 158 Å². The van der Waals surface area contributed by atoms with Crippen molar-refractivity contribution < 1.29 is 10.2 Å². The molecule has 0 atom stereocenters. The summed E-state index contributed by atoms with van der Waals surface area (Å²) >= 11 is 1.89. The van der Waals surface area contributed by atoms with E-state index in [1.165, 1.54) is 12.7 Å². The molecule has 2 aromatic carbocycles. The number of H-pyrrole nitrogens is 2. The first-order valence-corrected chi connectivity index (χ1v) is 17.2. The topological polar surface area (TPSA) is 206 Å². The number of pyridine rings is 2. The maximum Gasteiger partial charge on any atom is 0.307 e. The summed E-state index contributed by atoms with van der Waals surface area (Å²) in [5.74, 6) is 0.887. The second kappa shape index (κ2) is 15.4. The van der Waals surface area contributed by atoms with Gasteiger partial charge in [0, 0.05) is 29.7 Å². The van der Waals surface area contributed by atoms with E-state index in [1.54, 1.807) is 30.7 Å². The van der Waals surface area contributed by atoms with Crippen molar-refractivity contribution >= 4 is 59.2 Å². The lowest BCUT2D eigenvalue weighted by Gasteiger charge is -2.06. The number of fused-ring (bicyclic) bond motifs is 2. The normalized spacial score (nSPS) is 15.1. The Morgan fingerprint density at radius 2 is 1.29 bits per heavy atom. The van der Waals surface area contributed by atoms with Crippen molar-refractivity contribution in [2.75, 3.05) is 0 Å². The van der Waals surface area contributed by atoms with Gasteiger partial charge in [0.25, 0.3) is 0 Å². The number of thiazole rings is 2. The highest BCUT2D eigenvalue weighted by Crippen LogP contribution is 2.17. The van der Waals surface area contributed by atoms with Gasteiger partial charge in [-0.3, -0.25) is 39.5 Å². The molecule has 0 spiro atoms. The average Bonchev–Trinajstić information content (AvgIpc) is 3.66. The lowest BCUT2D eigenvalue weighted by molar-refractivity contribution is 0.454. The molecule has 0 saturated carbocycles. The van der Waals surface area contributed by atoms with Gasteiger partial charge >= 0.3 is 9.75 Å². The number of hydrogen-bond donors (Lipinski definition) is 4. The van der Waals surface area contributed by atoms with Crippen molar-refractivity contribution in [3.8, 4) is 11.8 Å². The van der Waals surface area contributed by atoms with Crippen LogP contribution in [0.3, 0.4) is 0 Å². The Bertz CT molecular complexity index is 2580. The number of nitrogens with zero attached hydrogens (tertiary/aromatic N) is 8. The molecule has 2 aliphatic rings. The Labute approximate surface area is 301 Å². The van der Waals surface area contributed by atoms with Crippen molar-refractivity contribution in [2.45, 2.75) is 13.1 Å². The number of aromatic amines is 2. The van der Waals surface area contributed by atoms with Crippen molar-refractivity contribution in [1.29, 1.82) is 0 Å². The standard InChI is InChI=1S/2C18H13N5O2S/c24-17-15(26-18(25)23-17)7-11-3-4-14-13(6-11)16(22-10-21-14)20-9-12-2-1-5-19-8-12;24-17-15(26-18(25)23-17)8-11-4-5-14-13(7-11)16(22-10-21-14)20-9-12-3-1-2-6-19-12/h2*1-8,10,24H,9H2,(H,23,25). The molecule has 4 N–H and O–H groups in total. The molecule has 2 aliphatic heterocycles. The molecule has 0 bridgehead atoms. The Balaban J connectivity index is 0.000000162. The van der Waals surface area contributed by atoms with Gasteiger partial charge in [0.05, 0.1) is 39.3 Å². The van der Waals surface area contributed by atoms with Crippen LogP contribution >= 0.6 is 22.7 Å². The van der Waals surface area contributed by atoms with E-state index in [0.717, 1.165) is 66.2 Å². The van der Waals surface area contributed by atoms with E-state index in [-0.39, 0.29) is 21.5 Å². The Hall–Kier alpha value is -6.78. The minimum absolute atomic E-state index is 0.133. The number of aromatic nitrogens is 4. The van der Waals surface area contributed by atoms with Crippen LogP contribution in [0.2, 0.25) is 0 Å². The van der Waals surface area contributed by atoms with E-state index < -0.39 is 0 Å². The maximum atomic E-state index is 11.3. The second-order valence-corrected chi connectivity index (χ2v) is 13.0. The molecule has 0 amide bonds. The fourth-order valence-corrected chi connectivity index (χ4v) is 6.40. The lowest BCUT2D eigenvalue weighted by Crippen LogP contribution is -2.22. The first-order chi connectivity index (χ1) is 25.4. The molecule has 0 radical (unpaired) electrons. The van der Waals surface area contributed by atoms with Crippen LogP contribution in [0.4, 0.5) is 0 Å². The molecule has 52 heavy (non-hydrogen) atoms. The van der Waals surface area contributed by atoms with Crippen LogP contribution in [0.15, 0.2) is 125 Å². The van der Waals surface area contributed by atoms with Crippen LogP contribution in [-0.2, 0) is 13.1 Å². The summed E-state index contributed by atoms with van der Waals surface area (Å²) in [5.41, 5.74) is 3.43. The minimum Gasteiger partial charge on any atom is -0.493 e. The number of rotatable bonds is 6. The first-order valence-electron chi connectivity index (χ1n) is 15.5. The van der Waals surface area contributed by atoms with E-state index in [1.807, 2.05) is 66.7 Å². The highest BCUT2D eigenvalue weighted by Gasteiger charge is 2.11. The van der Waals surface area contributed by atoms with Crippen LogP contribution in [0.5, 0.6) is 11.8 Å². The van der Waals surface area contributed by atoms with Crippen molar-refractivity contribution in [3.63, 3.8) is 0 Å². The smallest absolute Gasteiger partial charge is 0.307 e. The number of nitrogens with one attached hydrogen (secondary N) is 2. The Kier molecular flexibility index (Phi) is 9.99. The van der Waals surface area contributed by atoms with Gasteiger partial charge in [0.15, 0.2) is 11.7 Å². The van der Waals surface area contributed by atoms with Gasteiger partial charge < -0.3 is 10.2 Å². The lowest BCUT2D eigenvalue weighted by atomic mass is 10.1. The molecule has 4 aromatic heterocycles. The van der Waals surface area contributed by atoms with Crippen LogP contribution in [0.25, 0.3) is 12.2 Å². The summed E-state index contributed by atoms with van der Waals surface area (Å²) in [7, 11) is 0. The predicted molar refractivity (Wildman–Crippen MR) is 201 cm³/mol. The molecule has 6 aromatic rings. The number of aromatic hydroxyl groups is 2. The zero-order chi connectivity index (χ0) is 35.9. The maximum absolute atomic E-state index is 11.3. The van der Waals surface area contributed by atoms with Gasteiger partial charge in [-0.1, -0.05) is 46.9 Å². The quantitative estimate of drug-likeness (QED) is 0.202. The van der Waals surface area contributed by atoms with E-state index in [2.05, 4.69) is 49.9 Å². The second-order valence-electron chi connectivity index (χ2n) is 11.0. The number of amidine groups is 2. The van der Waals surface area contributed by atoms with Gasteiger partial charge in [-0.05, 0) is 70.6 Å². The van der Waals surface area contributed by atoms with Gasteiger partial charge in [-0.2, -0.15) is 0 Å². The van der Waals surface area contributed by atoms with Crippen LogP contribution in [-0.4, -0.2) is 54.5 Å². The monoisotopic (exact) mass is 726 g/mol. The highest BCUT2D eigenvalue weighted by atomic mass is 32.1. The Morgan fingerprint density at radius 1 is 0.692 bits per heavy atom. The molecule has 8 rings (SSSR count). The average molecular weight is 727 g/mol. The minimum atomic E-state index is -0.302. The largest absolute Gasteiger partial charge is 0.493 e. The fourth-order valence-electron chi connectivity index (χ4n) is 5.02. The summed E-state index contributed by atoms with van der Waals surface area (Å²) in [6.45, 7) is 0.884. The molecule has 0 unspecified atom stereocenters. The van der Waals surface area contributed by atoms with Gasteiger partial charge in [0.2, 0.25) is 11.8 Å². The van der Waals surface area contributed by atoms with Gasteiger partial charge in [-0.15, -0.1) is 0 Å². The van der Waals surface area contributed by atoms with Crippen LogP contribution < -0.4 is 30.9 Å². The zero-order valence-corrected chi connectivity index (χ0v) is 28.5. The summed E-state index contributed by atoms with van der Waals surface area (Å²) < 4.78 is 0.